The van der Waals surface area contributed by atoms with Gasteiger partial charge in [0.05, 0.1) is 7.11 Å². The van der Waals surface area contributed by atoms with Crippen molar-refractivity contribution in [2.75, 3.05) is 7.11 Å². The van der Waals surface area contributed by atoms with E-state index in [0.717, 1.165) is 11.3 Å². The van der Waals surface area contributed by atoms with Crippen molar-refractivity contribution in [3.05, 3.63) is 65.2 Å². The van der Waals surface area contributed by atoms with Gasteiger partial charge in [0.25, 0.3) is 5.91 Å². The number of carbonyl (C=O) groups is 2. The number of benzene rings is 2. The number of hydrogen-bond acceptors (Lipinski definition) is 3. The number of nitrogens with two attached hydrogens (primary N) is 1. The van der Waals surface area contributed by atoms with E-state index in [2.05, 4.69) is 5.32 Å². The summed E-state index contributed by atoms with van der Waals surface area (Å²) in [7, 11) is 1.63. The molecular formula is C19H22N2O3. The van der Waals surface area contributed by atoms with Gasteiger partial charge < -0.3 is 15.8 Å². The highest BCUT2D eigenvalue weighted by Gasteiger charge is 2.23. The summed E-state index contributed by atoms with van der Waals surface area (Å²) >= 11 is 0. The lowest BCUT2D eigenvalue weighted by molar-refractivity contribution is 0.0911. The Morgan fingerprint density at radius 1 is 1.04 bits per heavy atom. The summed E-state index contributed by atoms with van der Waals surface area (Å²) in [4.78, 5) is 23.5. The van der Waals surface area contributed by atoms with Crippen molar-refractivity contribution in [2.24, 2.45) is 5.73 Å². The van der Waals surface area contributed by atoms with E-state index in [-0.39, 0.29) is 5.91 Å². The van der Waals surface area contributed by atoms with Crippen molar-refractivity contribution in [2.45, 2.75) is 25.8 Å². The first-order valence-electron chi connectivity index (χ1n) is 7.67. The molecule has 2 rings (SSSR count). The molecule has 2 aromatic carbocycles. The van der Waals surface area contributed by atoms with Crippen LogP contribution in [-0.4, -0.2) is 24.5 Å². The summed E-state index contributed by atoms with van der Waals surface area (Å²) in [6.45, 7) is 3.91. The van der Waals surface area contributed by atoms with Crippen LogP contribution < -0.4 is 15.8 Å². The third kappa shape index (κ3) is 4.35. The topological polar surface area (TPSA) is 81.4 Å². The molecule has 0 heterocycles. The van der Waals surface area contributed by atoms with Crippen LogP contribution in [0.3, 0.4) is 0 Å². The van der Waals surface area contributed by atoms with Crippen molar-refractivity contribution < 1.29 is 14.3 Å². The molecule has 126 valence electrons. The van der Waals surface area contributed by atoms with Gasteiger partial charge in [-0.05, 0) is 56.2 Å². The molecule has 0 unspecified atom stereocenters. The standard InChI is InChI=1S/C19H22N2O3/c1-19(2,12-15-6-4-5-7-16(15)24-3)21-18(23)14-10-8-13(9-11-14)17(20)22/h4-11H,12H2,1-3H3,(H2,20,22)(H,21,23). The van der Waals surface area contributed by atoms with E-state index in [0.29, 0.717) is 17.5 Å². The monoisotopic (exact) mass is 326 g/mol. The fourth-order valence-electron chi connectivity index (χ4n) is 2.53. The molecule has 0 aliphatic carbocycles. The SMILES string of the molecule is COc1ccccc1CC(C)(C)NC(=O)c1ccc(C(N)=O)cc1. The maximum absolute atomic E-state index is 12.4. The maximum Gasteiger partial charge on any atom is 0.251 e. The minimum atomic E-state index is -0.515. The normalized spacial score (nSPS) is 11.0. The van der Waals surface area contributed by atoms with Crippen LogP contribution >= 0.6 is 0 Å². The third-order valence-corrected chi connectivity index (χ3v) is 3.71. The van der Waals surface area contributed by atoms with Gasteiger partial charge >= 0.3 is 0 Å². The molecule has 5 heteroatoms. The molecule has 0 saturated carbocycles. The van der Waals surface area contributed by atoms with E-state index < -0.39 is 11.4 Å². The number of ether oxygens (including phenoxy) is 1. The molecule has 0 saturated heterocycles. The first kappa shape index (κ1) is 17.5. The lowest BCUT2D eigenvalue weighted by Crippen LogP contribution is -2.45. The Bertz CT molecular complexity index is 737. The van der Waals surface area contributed by atoms with Crippen LogP contribution in [0.15, 0.2) is 48.5 Å². The highest BCUT2D eigenvalue weighted by molar-refractivity contribution is 5.97. The fraction of sp³-hybridized carbons (Fsp3) is 0.263. The number of rotatable bonds is 6. The number of nitrogens with one attached hydrogen (secondary N) is 1. The lowest BCUT2D eigenvalue weighted by atomic mass is 9.93. The molecule has 0 aliphatic heterocycles. The summed E-state index contributed by atoms with van der Waals surface area (Å²) in [5.41, 5.74) is 6.62. The van der Waals surface area contributed by atoms with Gasteiger partial charge in [0.15, 0.2) is 0 Å². The Morgan fingerprint density at radius 3 is 2.21 bits per heavy atom. The van der Waals surface area contributed by atoms with Crippen molar-refractivity contribution >= 4 is 11.8 Å². The number of amides is 2. The molecule has 0 aromatic heterocycles. The zero-order valence-corrected chi connectivity index (χ0v) is 14.1. The minimum Gasteiger partial charge on any atom is -0.496 e. The largest absolute Gasteiger partial charge is 0.496 e. The molecule has 5 nitrogen and oxygen atoms in total. The van der Waals surface area contributed by atoms with E-state index in [9.17, 15) is 9.59 Å². The van der Waals surface area contributed by atoms with Crippen LogP contribution in [-0.2, 0) is 6.42 Å². The van der Waals surface area contributed by atoms with Crippen molar-refractivity contribution in [1.29, 1.82) is 0 Å². The lowest BCUT2D eigenvalue weighted by Gasteiger charge is -2.27. The Kier molecular flexibility index (Phi) is 5.24. The quantitative estimate of drug-likeness (QED) is 0.856. The average molecular weight is 326 g/mol. The smallest absolute Gasteiger partial charge is 0.251 e. The fourth-order valence-corrected chi connectivity index (χ4v) is 2.53. The van der Waals surface area contributed by atoms with E-state index in [1.54, 1.807) is 31.4 Å². The van der Waals surface area contributed by atoms with Gasteiger partial charge in [0.1, 0.15) is 5.75 Å². The van der Waals surface area contributed by atoms with Crippen LogP contribution in [0.2, 0.25) is 0 Å². The van der Waals surface area contributed by atoms with Gasteiger partial charge in [-0.25, -0.2) is 0 Å². The molecule has 3 N–H and O–H groups in total. The summed E-state index contributed by atoms with van der Waals surface area (Å²) in [5, 5.41) is 3.01. The van der Waals surface area contributed by atoms with Crippen LogP contribution in [0.25, 0.3) is 0 Å². The first-order chi connectivity index (χ1) is 11.3. The Balaban J connectivity index is 2.10. The van der Waals surface area contributed by atoms with Gasteiger partial charge in [-0.15, -0.1) is 0 Å². The van der Waals surface area contributed by atoms with E-state index in [1.807, 2.05) is 38.1 Å². The minimum absolute atomic E-state index is 0.203. The molecule has 0 atom stereocenters. The second kappa shape index (κ2) is 7.17. The predicted octanol–water partition coefficient (Wildman–Crippen LogP) is 2.55. The number of primary amides is 1. The van der Waals surface area contributed by atoms with E-state index in [1.165, 1.54) is 0 Å². The predicted molar refractivity (Wildman–Crippen MR) is 93.2 cm³/mol. The number of para-hydroxylation sites is 1. The Hall–Kier alpha value is -2.82. The van der Waals surface area contributed by atoms with E-state index in [4.69, 9.17) is 10.5 Å². The van der Waals surface area contributed by atoms with Crippen molar-refractivity contribution in [3.63, 3.8) is 0 Å². The second-order valence-electron chi connectivity index (χ2n) is 6.27. The highest BCUT2D eigenvalue weighted by atomic mass is 16.5. The van der Waals surface area contributed by atoms with Crippen LogP contribution in [0, 0.1) is 0 Å². The molecule has 0 aliphatic rings. The molecule has 2 aromatic rings. The summed E-state index contributed by atoms with van der Waals surface area (Å²) in [6, 6.07) is 14.0. The van der Waals surface area contributed by atoms with Crippen LogP contribution in [0.4, 0.5) is 0 Å². The second-order valence-corrected chi connectivity index (χ2v) is 6.27. The molecule has 0 radical (unpaired) electrons. The molecular weight excluding hydrogens is 304 g/mol. The van der Waals surface area contributed by atoms with Gasteiger partial charge in [-0.1, -0.05) is 18.2 Å². The van der Waals surface area contributed by atoms with Gasteiger partial charge in [-0.2, -0.15) is 0 Å². The summed E-state index contributed by atoms with van der Waals surface area (Å²) in [6.07, 6.45) is 0.627. The van der Waals surface area contributed by atoms with Crippen molar-refractivity contribution in [1.82, 2.24) is 5.32 Å². The average Bonchev–Trinajstić information content (AvgIpc) is 2.54. The van der Waals surface area contributed by atoms with Crippen molar-refractivity contribution in [3.8, 4) is 5.75 Å². The number of hydrogen-bond donors (Lipinski definition) is 2. The molecule has 0 fully saturated rings. The Labute approximate surface area is 141 Å². The Morgan fingerprint density at radius 2 is 1.62 bits per heavy atom. The third-order valence-electron chi connectivity index (χ3n) is 3.71. The summed E-state index contributed by atoms with van der Waals surface area (Å²) in [5.74, 6) is 0.0787. The number of carbonyl (C=O) groups excluding carboxylic acids is 2. The van der Waals surface area contributed by atoms with E-state index >= 15 is 0 Å². The maximum atomic E-state index is 12.4. The van der Waals surface area contributed by atoms with Crippen LogP contribution in [0.1, 0.15) is 40.1 Å². The molecule has 2 amide bonds. The molecule has 0 bridgehead atoms. The highest BCUT2D eigenvalue weighted by Crippen LogP contribution is 2.23. The zero-order chi connectivity index (χ0) is 17.7. The molecule has 24 heavy (non-hydrogen) atoms. The van der Waals surface area contributed by atoms with Gasteiger partial charge in [-0.3, -0.25) is 9.59 Å². The van der Waals surface area contributed by atoms with Gasteiger partial charge in [0, 0.05) is 16.7 Å². The number of methoxy groups -OCH3 is 1. The van der Waals surface area contributed by atoms with Crippen LogP contribution in [0.5, 0.6) is 5.75 Å². The zero-order valence-electron chi connectivity index (χ0n) is 14.1. The summed E-state index contributed by atoms with van der Waals surface area (Å²) < 4.78 is 5.36. The molecule has 0 spiro atoms. The van der Waals surface area contributed by atoms with Gasteiger partial charge in [0.2, 0.25) is 5.91 Å². The first-order valence-corrected chi connectivity index (χ1v) is 7.67.